The molecule has 0 heterocycles. The Morgan fingerprint density at radius 2 is 0.423 bits per heavy atom. The Kier molecular flexibility index (Phi) is 6.83. The number of benzene rings is 2. The Hall–Kier alpha value is -1.86. The minimum absolute atomic E-state index is 0.398. The van der Waals surface area contributed by atoms with E-state index >= 15 is 0 Å². The molecule has 0 radical (unpaired) electrons. The first-order valence-corrected chi connectivity index (χ1v) is 7.72. The molecular weight excluding hydrogens is 368 g/mol. The van der Waals surface area contributed by atoms with Gasteiger partial charge in [0.15, 0.2) is 0 Å². The van der Waals surface area contributed by atoms with Crippen molar-refractivity contribution in [3.8, 4) is 0 Å². The second-order valence-electron chi connectivity index (χ2n) is 5.65. The Morgan fingerprint density at radius 1 is 0.269 bits per heavy atom. The summed E-state index contributed by atoms with van der Waals surface area (Å²) in [6, 6.07) is 0. The molecule has 0 atom stereocenters. The summed E-state index contributed by atoms with van der Waals surface area (Å²) in [7, 11) is 0. The first-order chi connectivity index (χ1) is 12.6. The van der Waals surface area contributed by atoms with Crippen molar-refractivity contribution in [2.45, 2.75) is 53.4 Å². The molecule has 2 rings (SSSR count). The quantitative estimate of drug-likeness (QED) is 0.450. The summed E-state index contributed by atoms with van der Waals surface area (Å²) in [5, 5.41) is -0.796. The Labute approximate surface area is 144 Å². The lowest BCUT2D eigenvalue weighted by atomic mass is 9.82. The predicted octanol–water partition coefficient (Wildman–Crippen LogP) is 6.60. The fourth-order valence-electron chi connectivity index (χ4n) is 3.54. The van der Waals surface area contributed by atoms with Crippen molar-refractivity contribution >= 4 is 10.8 Å². The highest BCUT2D eigenvalue weighted by molar-refractivity contribution is 5.98. The van der Waals surface area contributed by atoms with Crippen LogP contribution in [0.2, 0.25) is 0 Å². The van der Waals surface area contributed by atoms with Crippen LogP contribution in [0.1, 0.15) is 44.5 Å². The monoisotopic (exact) mass is 384 g/mol. The highest BCUT2D eigenvalue weighted by Crippen LogP contribution is 2.42. The van der Waals surface area contributed by atoms with E-state index in [1.807, 2.05) is 0 Å². The molecule has 0 spiro atoms. The zero-order chi connectivity index (χ0) is 19.4. The second-order valence-corrected chi connectivity index (χ2v) is 5.65. The lowest BCUT2D eigenvalue weighted by Gasteiger charge is -2.24. The van der Waals surface area contributed by atoms with E-state index in [0.29, 0.717) is 0 Å². The van der Waals surface area contributed by atoms with Crippen LogP contribution in [-0.4, -0.2) is 0 Å². The van der Waals surface area contributed by atoms with E-state index in [0.717, 1.165) is 0 Å². The van der Waals surface area contributed by atoms with Crippen LogP contribution < -0.4 is 0 Å². The van der Waals surface area contributed by atoms with Gasteiger partial charge in [-0.15, -0.1) is 0 Å². The summed E-state index contributed by atoms with van der Waals surface area (Å²) in [5.74, 6) is 0. The van der Waals surface area contributed by atoms with E-state index in [2.05, 4.69) is 0 Å². The third-order valence-electron chi connectivity index (χ3n) is 4.71. The molecule has 0 fully saturated rings. The van der Waals surface area contributed by atoms with Gasteiger partial charge in [0.2, 0.25) is 0 Å². The molecule has 2 aromatic carbocycles. The summed E-state index contributed by atoms with van der Waals surface area (Å²) in [5.41, 5.74) is -3.99. The van der Waals surface area contributed by atoms with Crippen molar-refractivity contribution < 1.29 is 35.1 Å². The number of rotatable bonds is 8. The van der Waals surface area contributed by atoms with Gasteiger partial charge in [0.05, 0.1) is 0 Å². The van der Waals surface area contributed by atoms with Crippen LogP contribution in [-0.2, 0) is 53.4 Å². The van der Waals surface area contributed by atoms with E-state index in [4.69, 9.17) is 0 Å². The normalized spacial score (nSPS) is 11.5. The summed E-state index contributed by atoms with van der Waals surface area (Å²) in [6.45, 7) is -11.0. The lowest BCUT2D eigenvalue weighted by Crippen LogP contribution is -2.11. The van der Waals surface area contributed by atoms with Gasteiger partial charge in [-0.05, 0) is 55.3 Å². The van der Waals surface area contributed by atoms with Crippen molar-refractivity contribution in [1.29, 1.82) is 0 Å². The third kappa shape index (κ3) is 2.93. The van der Waals surface area contributed by atoms with E-state index in [1.165, 1.54) is 0 Å². The zero-order valence-corrected chi connectivity index (χ0v) is 13.7. The Bertz CT molecular complexity index is 671. The first-order valence-electron chi connectivity index (χ1n) is 7.72. The van der Waals surface area contributed by atoms with Gasteiger partial charge >= 0.3 is 0 Å². The van der Waals surface area contributed by atoms with Crippen LogP contribution in [0.3, 0.4) is 0 Å². The van der Waals surface area contributed by atoms with Crippen LogP contribution in [0.5, 0.6) is 0 Å². The van der Waals surface area contributed by atoms with Gasteiger partial charge in [0, 0.05) is 0 Å². The highest BCUT2D eigenvalue weighted by atomic mass is 19.2. The molecule has 0 aromatic heterocycles. The molecule has 0 aliphatic rings. The SMILES string of the molecule is FCc1c(CF)c(CF)c2c(CF)c(CF)c(CF)c(CF)c2c1CF. The molecule has 8 heteroatoms. The molecule has 0 nitrogen and oxygen atoms in total. The van der Waals surface area contributed by atoms with Gasteiger partial charge in [-0.2, -0.15) is 0 Å². The van der Waals surface area contributed by atoms with E-state index in [9.17, 15) is 35.1 Å². The number of hydrogen-bond acceptors (Lipinski definition) is 0. The molecule has 0 aliphatic carbocycles. The third-order valence-corrected chi connectivity index (χ3v) is 4.71. The van der Waals surface area contributed by atoms with Gasteiger partial charge in [0.25, 0.3) is 0 Å². The molecular formula is C18H16F8. The Morgan fingerprint density at radius 3 is 0.538 bits per heavy atom. The molecule has 2 aromatic rings. The van der Waals surface area contributed by atoms with Crippen molar-refractivity contribution in [2.24, 2.45) is 0 Å². The molecule has 0 saturated carbocycles. The fourth-order valence-corrected chi connectivity index (χ4v) is 3.54. The maximum Gasteiger partial charge on any atom is 0.115 e. The van der Waals surface area contributed by atoms with Crippen molar-refractivity contribution in [3.63, 3.8) is 0 Å². The largest absolute Gasteiger partial charge is 0.246 e. The zero-order valence-electron chi connectivity index (χ0n) is 13.7. The number of hydrogen-bond donors (Lipinski definition) is 0. The van der Waals surface area contributed by atoms with Gasteiger partial charge < -0.3 is 0 Å². The summed E-state index contributed by atoms with van der Waals surface area (Å²) < 4.78 is 108. The summed E-state index contributed by atoms with van der Waals surface area (Å²) in [4.78, 5) is 0. The van der Waals surface area contributed by atoms with Crippen LogP contribution in [0.4, 0.5) is 35.1 Å². The van der Waals surface area contributed by atoms with Crippen molar-refractivity contribution in [1.82, 2.24) is 0 Å². The van der Waals surface area contributed by atoms with E-state index in [1.54, 1.807) is 0 Å². The first kappa shape index (κ1) is 20.5. The minimum atomic E-state index is -1.38. The topological polar surface area (TPSA) is 0 Å². The summed E-state index contributed by atoms with van der Waals surface area (Å²) in [6.07, 6.45) is 0. The smallest absolute Gasteiger partial charge is 0.115 e. The van der Waals surface area contributed by atoms with Crippen molar-refractivity contribution in [3.05, 3.63) is 44.5 Å². The molecule has 0 aliphatic heterocycles. The van der Waals surface area contributed by atoms with Crippen LogP contribution >= 0.6 is 0 Å². The molecule has 0 bridgehead atoms. The van der Waals surface area contributed by atoms with Crippen LogP contribution in [0, 0.1) is 0 Å². The lowest BCUT2D eigenvalue weighted by molar-refractivity contribution is 0.420. The average molecular weight is 384 g/mol. The maximum absolute atomic E-state index is 13.7. The maximum atomic E-state index is 13.7. The van der Waals surface area contributed by atoms with Crippen LogP contribution in [0.25, 0.3) is 10.8 Å². The van der Waals surface area contributed by atoms with Crippen LogP contribution in [0.15, 0.2) is 0 Å². The number of fused-ring (bicyclic) bond motifs is 1. The second kappa shape index (κ2) is 8.68. The van der Waals surface area contributed by atoms with E-state index in [-0.39, 0.29) is 0 Å². The summed E-state index contributed by atoms with van der Waals surface area (Å²) >= 11 is 0. The fraction of sp³-hybridized carbons (Fsp3) is 0.444. The predicted molar refractivity (Wildman–Crippen MR) is 82.4 cm³/mol. The molecule has 0 amide bonds. The highest BCUT2D eigenvalue weighted by Gasteiger charge is 2.27. The molecule has 0 N–H and O–H groups in total. The molecule has 26 heavy (non-hydrogen) atoms. The molecule has 144 valence electrons. The Balaban J connectivity index is 3.29. The number of alkyl halides is 8. The van der Waals surface area contributed by atoms with Gasteiger partial charge in [-0.25, -0.2) is 35.1 Å². The van der Waals surface area contributed by atoms with Gasteiger partial charge in [0.1, 0.15) is 53.4 Å². The minimum Gasteiger partial charge on any atom is -0.246 e. The molecule has 0 unspecified atom stereocenters. The average Bonchev–Trinajstić information content (AvgIpc) is 2.69. The number of halogens is 8. The molecule has 0 saturated heterocycles. The van der Waals surface area contributed by atoms with Crippen molar-refractivity contribution in [2.75, 3.05) is 0 Å². The van der Waals surface area contributed by atoms with E-state index < -0.39 is 109 Å². The van der Waals surface area contributed by atoms with Gasteiger partial charge in [-0.3, -0.25) is 0 Å². The standard InChI is InChI=1S/C18H16F8/c19-1-9-10(2-20)14(6-24)18-16(8-26)12(4-22)11(3-21)15(7-25)17(18)13(9)5-23/h1-8H2. The van der Waals surface area contributed by atoms with Gasteiger partial charge in [-0.1, -0.05) is 0 Å².